The Morgan fingerprint density at radius 1 is 0.976 bits per heavy atom. The molecule has 0 fully saturated rings. The Kier molecular flexibility index (Phi) is 25.9. The molecule has 0 aliphatic carbocycles. The van der Waals surface area contributed by atoms with Crippen LogP contribution in [0.4, 0.5) is 0 Å². The van der Waals surface area contributed by atoms with E-state index in [1.165, 1.54) is 17.8 Å². The largest absolute Gasteiger partial charge is 0.481 e. The predicted octanol–water partition coefficient (Wildman–Crippen LogP) is 5.51. The zero-order chi connectivity index (χ0) is 30.2. The summed E-state index contributed by atoms with van der Waals surface area (Å²) >= 11 is 16.9. The molecule has 41 heavy (non-hydrogen) atoms. The van der Waals surface area contributed by atoms with Crippen molar-refractivity contribution in [3.05, 3.63) is 82.4 Å². The molecule has 0 atom stereocenters. The molecule has 0 saturated carbocycles. The summed E-state index contributed by atoms with van der Waals surface area (Å²) in [5.74, 6) is -0.609. The summed E-state index contributed by atoms with van der Waals surface area (Å²) in [4.78, 5) is 42.7. The third-order valence-corrected chi connectivity index (χ3v) is 6.58. The van der Waals surface area contributed by atoms with Gasteiger partial charge >= 0.3 is 11.9 Å². The summed E-state index contributed by atoms with van der Waals surface area (Å²) in [6.45, 7) is 6.69. The van der Waals surface area contributed by atoms with E-state index < -0.39 is 5.97 Å². The van der Waals surface area contributed by atoms with Crippen molar-refractivity contribution in [1.29, 1.82) is 0 Å². The van der Waals surface area contributed by atoms with Crippen LogP contribution in [0.2, 0.25) is 10.0 Å². The number of carboxylic acids is 1. The maximum atomic E-state index is 11.5. The number of esters is 1. The molecule has 2 amide bonds. The van der Waals surface area contributed by atoms with Crippen LogP contribution in [0.25, 0.3) is 0 Å². The molecule has 0 saturated heterocycles. The molecule has 0 spiro atoms. The van der Waals surface area contributed by atoms with Gasteiger partial charge in [0.05, 0.1) is 18.1 Å². The van der Waals surface area contributed by atoms with Crippen LogP contribution in [0.5, 0.6) is 0 Å². The molecule has 0 aliphatic rings. The number of thiol groups is 1. The van der Waals surface area contributed by atoms with Crippen LogP contribution < -0.4 is 10.6 Å². The minimum absolute atomic E-state index is 0. The number of carbonyl (C=O) groups is 4. The fraction of sp³-hybridized carbons (Fsp3) is 0.379. The first kappa shape index (κ1) is 40.5. The van der Waals surface area contributed by atoms with Gasteiger partial charge < -0.3 is 20.5 Å². The van der Waals surface area contributed by atoms with Gasteiger partial charge in [-0.3, -0.25) is 19.2 Å². The molecule has 2 aromatic carbocycles. The highest BCUT2D eigenvalue weighted by Crippen LogP contribution is 2.15. The van der Waals surface area contributed by atoms with Crippen LogP contribution in [0, 0.1) is 0 Å². The van der Waals surface area contributed by atoms with E-state index in [4.69, 9.17) is 28.3 Å². The second kappa shape index (κ2) is 26.3. The van der Waals surface area contributed by atoms with Gasteiger partial charge in [-0.25, -0.2) is 0 Å². The Labute approximate surface area is 263 Å². The number of thioether (sulfide) groups is 1. The summed E-state index contributed by atoms with van der Waals surface area (Å²) in [5, 5.41) is 15.4. The third-order valence-electron chi connectivity index (χ3n) is 4.64. The van der Waals surface area contributed by atoms with E-state index in [1.807, 2.05) is 48.5 Å². The van der Waals surface area contributed by atoms with Crippen molar-refractivity contribution in [2.24, 2.45) is 0 Å². The van der Waals surface area contributed by atoms with Gasteiger partial charge in [-0.2, -0.15) is 12.6 Å². The number of aliphatic carboxylic acids is 1. The normalized spacial score (nSPS) is 9.37. The summed E-state index contributed by atoms with van der Waals surface area (Å²) in [6, 6.07) is 15.1. The van der Waals surface area contributed by atoms with Gasteiger partial charge in [0.2, 0.25) is 11.8 Å². The molecule has 228 valence electrons. The van der Waals surface area contributed by atoms with Crippen LogP contribution in [0.1, 0.15) is 31.9 Å². The molecular weight excluding hydrogens is 607 g/mol. The van der Waals surface area contributed by atoms with Crippen molar-refractivity contribution in [2.75, 3.05) is 37.0 Å². The third kappa shape index (κ3) is 22.7. The van der Waals surface area contributed by atoms with Crippen LogP contribution in [0.15, 0.2) is 61.2 Å². The number of hydrogen-bond acceptors (Lipinski definition) is 7. The highest BCUT2D eigenvalue weighted by Gasteiger charge is 2.04. The number of benzene rings is 2. The molecular formula is C29H40Cl2N2O6S2. The molecule has 0 unspecified atom stereocenters. The van der Waals surface area contributed by atoms with E-state index in [9.17, 15) is 19.2 Å². The van der Waals surface area contributed by atoms with Crippen molar-refractivity contribution in [3.8, 4) is 0 Å². The van der Waals surface area contributed by atoms with Crippen LogP contribution in [-0.4, -0.2) is 65.8 Å². The fourth-order valence-corrected chi connectivity index (χ4v) is 3.95. The smallest absolute Gasteiger partial charge is 0.315 e. The first-order valence-electron chi connectivity index (χ1n) is 12.3. The summed E-state index contributed by atoms with van der Waals surface area (Å²) < 4.78 is 4.48. The van der Waals surface area contributed by atoms with Gasteiger partial charge in [0.15, 0.2) is 0 Å². The standard InChI is InChI=1S/C13H16ClNO3S.C11H12ClNO.C4H8O2S.CH4/c14-11-4-2-1-3-10(11)5-7-15-12(16)6-8-19-9-13(17)18;1-2-11(14)13-8-7-9-5-3-4-6-10(9)12;1-2-6-4(5)3-7;/h1-4H,5-9H2,(H,15,16)(H,17,18);2-6H,1,7-8H2,(H,13,14);7H,2-3H2,1H3;1H4. The van der Waals surface area contributed by atoms with Crippen molar-refractivity contribution >= 4 is 71.3 Å². The lowest BCUT2D eigenvalue weighted by molar-refractivity contribution is -0.140. The second-order valence-electron chi connectivity index (χ2n) is 7.69. The molecule has 2 rings (SSSR count). The average molecular weight is 648 g/mol. The van der Waals surface area contributed by atoms with Crippen molar-refractivity contribution in [2.45, 2.75) is 33.6 Å². The molecule has 0 heterocycles. The molecule has 2 aromatic rings. The monoisotopic (exact) mass is 646 g/mol. The quantitative estimate of drug-likeness (QED) is 0.0924. The Balaban J connectivity index is 0. The number of ether oxygens (including phenoxy) is 1. The molecule has 0 aromatic heterocycles. The molecule has 3 N–H and O–H groups in total. The maximum absolute atomic E-state index is 11.5. The van der Waals surface area contributed by atoms with E-state index in [1.54, 1.807) is 6.92 Å². The van der Waals surface area contributed by atoms with Crippen LogP contribution in [0.3, 0.4) is 0 Å². The number of carboxylic acid groups (broad SMARTS) is 1. The fourth-order valence-electron chi connectivity index (χ4n) is 2.75. The lowest BCUT2D eigenvalue weighted by atomic mass is 10.1. The average Bonchev–Trinajstić information content (AvgIpc) is 2.94. The Hall–Kier alpha value is -2.66. The topological polar surface area (TPSA) is 122 Å². The van der Waals surface area contributed by atoms with Gasteiger partial charge in [-0.15, -0.1) is 11.8 Å². The van der Waals surface area contributed by atoms with Gasteiger partial charge in [-0.1, -0.05) is 73.6 Å². The van der Waals surface area contributed by atoms with Gasteiger partial charge in [-0.05, 0) is 49.1 Å². The van der Waals surface area contributed by atoms with Crippen LogP contribution in [-0.2, 0) is 36.8 Å². The van der Waals surface area contributed by atoms with E-state index in [-0.39, 0.29) is 36.7 Å². The Morgan fingerprint density at radius 2 is 1.49 bits per heavy atom. The number of rotatable bonds is 14. The van der Waals surface area contributed by atoms with Gasteiger partial charge in [0, 0.05) is 35.3 Å². The Morgan fingerprint density at radius 3 is 1.90 bits per heavy atom. The second-order valence-corrected chi connectivity index (χ2v) is 9.92. The number of nitrogens with one attached hydrogen (secondary N) is 2. The van der Waals surface area contributed by atoms with Gasteiger partial charge in [0.25, 0.3) is 0 Å². The highest BCUT2D eigenvalue weighted by molar-refractivity contribution is 7.99. The first-order chi connectivity index (χ1) is 19.1. The summed E-state index contributed by atoms with van der Waals surface area (Å²) in [5.41, 5.74) is 2.04. The predicted molar refractivity (Wildman–Crippen MR) is 173 cm³/mol. The number of hydrogen-bond donors (Lipinski definition) is 4. The lowest BCUT2D eigenvalue weighted by Gasteiger charge is -2.06. The van der Waals surface area contributed by atoms with E-state index in [0.29, 0.717) is 43.3 Å². The van der Waals surface area contributed by atoms with Crippen molar-refractivity contribution in [1.82, 2.24) is 10.6 Å². The maximum Gasteiger partial charge on any atom is 0.315 e. The highest BCUT2D eigenvalue weighted by atomic mass is 35.5. The molecule has 12 heteroatoms. The molecule has 0 radical (unpaired) electrons. The van der Waals surface area contributed by atoms with Crippen molar-refractivity contribution in [3.63, 3.8) is 0 Å². The number of amides is 2. The zero-order valence-electron chi connectivity index (χ0n) is 22.4. The summed E-state index contributed by atoms with van der Waals surface area (Å²) in [6.07, 6.45) is 3.01. The first-order valence-corrected chi connectivity index (χ1v) is 14.9. The number of halogens is 2. The molecule has 0 bridgehead atoms. The van der Waals surface area contributed by atoms with E-state index >= 15 is 0 Å². The minimum Gasteiger partial charge on any atom is -0.481 e. The Bertz CT molecular complexity index is 1070. The minimum atomic E-state index is -0.857. The van der Waals surface area contributed by atoms with Crippen molar-refractivity contribution < 1.29 is 29.0 Å². The zero-order valence-corrected chi connectivity index (χ0v) is 25.6. The SMILES string of the molecule is C.C=CC(=O)NCCc1ccccc1Cl.CCOC(=O)CS.O=C(O)CSCCC(=O)NCCc1ccccc1Cl. The number of carbonyl (C=O) groups excluding carboxylic acids is 3. The van der Waals surface area contributed by atoms with E-state index in [0.717, 1.165) is 22.6 Å². The lowest BCUT2D eigenvalue weighted by Crippen LogP contribution is -2.26. The molecule has 0 aliphatic heterocycles. The summed E-state index contributed by atoms with van der Waals surface area (Å²) in [7, 11) is 0. The van der Waals surface area contributed by atoms with Crippen LogP contribution >= 0.6 is 47.6 Å². The molecule has 8 nitrogen and oxygen atoms in total. The van der Waals surface area contributed by atoms with Gasteiger partial charge in [0.1, 0.15) is 0 Å². The van der Waals surface area contributed by atoms with E-state index in [2.05, 4.69) is 34.6 Å².